The lowest BCUT2D eigenvalue weighted by atomic mass is 10.1. The van der Waals surface area contributed by atoms with E-state index in [1.807, 2.05) is 0 Å². The molecule has 0 unspecified atom stereocenters. The fraction of sp³-hybridized carbons (Fsp3) is 0.0625. The second kappa shape index (κ2) is 7.02. The summed E-state index contributed by atoms with van der Waals surface area (Å²) in [6.45, 7) is 0. The van der Waals surface area contributed by atoms with E-state index < -0.39 is 31.1 Å². The lowest BCUT2D eigenvalue weighted by Crippen LogP contribution is -2.03. The Labute approximate surface area is 143 Å². The summed E-state index contributed by atoms with van der Waals surface area (Å²) in [5.41, 5.74) is -0.641. The van der Waals surface area contributed by atoms with Crippen LogP contribution in [0.25, 0.3) is 6.08 Å². The number of aromatic hydroxyl groups is 1. The van der Waals surface area contributed by atoms with Crippen LogP contribution in [0.1, 0.15) is 5.56 Å². The van der Waals surface area contributed by atoms with Crippen molar-refractivity contribution in [3.8, 4) is 17.6 Å². The van der Waals surface area contributed by atoms with Gasteiger partial charge in [-0.1, -0.05) is 18.2 Å². The van der Waals surface area contributed by atoms with E-state index in [1.54, 1.807) is 12.1 Å². The van der Waals surface area contributed by atoms with Crippen LogP contribution in [0.5, 0.6) is 11.5 Å². The molecule has 128 valence electrons. The summed E-state index contributed by atoms with van der Waals surface area (Å²) in [6.07, 6.45) is 0.983. The monoisotopic (exact) mass is 360 g/mol. The van der Waals surface area contributed by atoms with Crippen LogP contribution in [0.3, 0.4) is 0 Å². The predicted molar refractivity (Wildman–Crippen MR) is 88.5 cm³/mol. The molecule has 0 amide bonds. The van der Waals surface area contributed by atoms with Gasteiger partial charge in [-0.3, -0.25) is 10.1 Å². The van der Waals surface area contributed by atoms with E-state index in [-0.39, 0.29) is 16.2 Å². The smallest absolute Gasteiger partial charge is 0.315 e. The van der Waals surface area contributed by atoms with E-state index in [2.05, 4.69) is 0 Å². The minimum absolute atomic E-state index is 0.0254. The molecule has 9 heteroatoms. The first-order valence-corrected chi connectivity index (χ1v) is 8.27. The van der Waals surface area contributed by atoms with Crippen molar-refractivity contribution in [2.75, 3.05) is 7.11 Å². The molecular formula is C16H12N2O6S. The van der Waals surface area contributed by atoms with E-state index in [9.17, 15) is 28.9 Å². The van der Waals surface area contributed by atoms with Crippen LogP contribution in [0.2, 0.25) is 0 Å². The number of phenolic OH excluding ortho intramolecular Hbond substituents is 1. The van der Waals surface area contributed by atoms with Crippen molar-refractivity contribution < 1.29 is 23.2 Å². The number of nitrogens with zero attached hydrogens (tertiary/aromatic N) is 2. The average Bonchev–Trinajstić information content (AvgIpc) is 2.60. The number of phenols is 1. The second-order valence-corrected chi connectivity index (χ2v) is 6.70. The van der Waals surface area contributed by atoms with E-state index >= 15 is 0 Å². The number of nitro benzene ring substituents is 1. The van der Waals surface area contributed by atoms with Gasteiger partial charge < -0.3 is 9.84 Å². The van der Waals surface area contributed by atoms with Crippen LogP contribution in [0.15, 0.2) is 52.3 Å². The van der Waals surface area contributed by atoms with Crippen LogP contribution in [0, 0.1) is 21.4 Å². The molecule has 0 bridgehead atoms. The molecule has 0 saturated carbocycles. The van der Waals surface area contributed by atoms with Crippen LogP contribution in [-0.2, 0) is 9.84 Å². The number of methoxy groups -OCH3 is 1. The third kappa shape index (κ3) is 3.59. The Kier molecular flexibility index (Phi) is 5.05. The highest BCUT2D eigenvalue weighted by molar-refractivity contribution is 7.95. The van der Waals surface area contributed by atoms with Gasteiger partial charge in [0, 0.05) is 6.07 Å². The van der Waals surface area contributed by atoms with Crippen molar-refractivity contribution in [2.24, 2.45) is 0 Å². The first-order chi connectivity index (χ1) is 11.8. The van der Waals surface area contributed by atoms with E-state index in [1.165, 1.54) is 37.4 Å². The lowest BCUT2D eigenvalue weighted by Gasteiger charge is -2.06. The Hall–Kier alpha value is -3.38. The molecule has 0 fully saturated rings. The topological polar surface area (TPSA) is 131 Å². The highest BCUT2D eigenvalue weighted by Crippen LogP contribution is 2.37. The highest BCUT2D eigenvalue weighted by atomic mass is 32.2. The van der Waals surface area contributed by atoms with Gasteiger partial charge in [-0.05, 0) is 29.8 Å². The molecule has 25 heavy (non-hydrogen) atoms. The summed E-state index contributed by atoms with van der Waals surface area (Å²) in [5, 5.41) is 30.0. The number of hydrogen-bond acceptors (Lipinski definition) is 7. The molecule has 0 aliphatic carbocycles. The molecule has 2 aromatic rings. The highest BCUT2D eigenvalue weighted by Gasteiger charge is 2.23. The summed E-state index contributed by atoms with van der Waals surface area (Å²) < 4.78 is 29.9. The van der Waals surface area contributed by atoms with Crippen LogP contribution < -0.4 is 4.74 Å². The Balaban J connectivity index is 2.64. The Morgan fingerprint density at radius 2 is 1.96 bits per heavy atom. The number of nitriles is 1. The quantitative estimate of drug-likeness (QED) is 0.492. The van der Waals surface area contributed by atoms with Gasteiger partial charge in [-0.2, -0.15) is 5.26 Å². The molecule has 0 radical (unpaired) electrons. The summed E-state index contributed by atoms with van der Waals surface area (Å²) in [7, 11) is -2.89. The number of ether oxygens (including phenoxy) is 1. The van der Waals surface area contributed by atoms with Crippen molar-refractivity contribution in [3.05, 3.63) is 63.0 Å². The normalized spacial score (nSPS) is 11.6. The molecular weight excluding hydrogens is 348 g/mol. The summed E-state index contributed by atoms with van der Waals surface area (Å²) in [5.74, 6) is -0.899. The summed E-state index contributed by atoms with van der Waals surface area (Å²) >= 11 is 0. The number of allylic oxidation sites excluding steroid dienone is 1. The van der Waals surface area contributed by atoms with E-state index in [0.29, 0.717) is 0 Å². The van der Waals surface area contributed by atoms with Gasteiger partial charge in [-0.25, -0.2) is 8.42 Å². The number of rotatable bonds is 5. The molecule has 8 nitrogen and oxygen atoms in total. The SMILES string of the molecule is COc1cc(C=C(C#N)S(=O)(=O)c2ccccc2)cc([N+](=O)[O-])c1O. The van der Waals surface area contributed by atoms with Gasteiger partial charge in [0.15, 0.2) is 5.75 Å². The van der Waals surface area contributed by atoms with E-state index in [0.717, 1.165) is 12.1 Å². The third-order valence-electron chi connectivity index (χ3n) is 3.24. The molecule has 0 saturated heterocycles. The molecule has 0 aliphatic heterocycles. The first kappa shape index (κ1) is 18.0. The van der Waals surface area contributed by atoms with Gasteiger partial charge in [0.1, 0.15) is 11.0 Å². The van der Waals surface area contributed by atoms with Gasteiger partial charge in [-0.15, -0.1) is 0 Å². The molecule has 0 atom stereocenters. The molecule has 0 aromatic heterocycles. The summed E-state index contributed by atoms with van der Waals surface area (Å²) in [6, 6.07) is 11.1. The van der Waals surface area contributed by atoms with Gasteiger partial charge in [0.2, 0.25) is 15.6 Å². The largest absolute Gasteiger partial charge is 0.500 e. The zero-order valence-corrected chi connectivity index (χ0v) is 13.7. The molecule has 2 aromatic carbocycles. The fourth-order valence-electron chi connectivity index (χ4n) is 2.04. The van der Waals surface area contributed by atoms with Gasteiger partial charge in [0.05, 0.1) is 16.9 Å². The van der Waals surface area contributed by atoms with Gasteiger partial charge >= 0.3 is 5.69 Å². The number of sulfone groups is 1. The predicted octanol–water partition coefficient (Wildman–Crippen LogP) is 2.65. The molecule has 2 rings (SSSR count). The minimum Gasteiger partial charge on any atom is -0.500 e. The zero-order chi connectivity index (χ0) is 18.6. The number of hydrogen-bond donors (Lipinski definition) is 1. The maximum atomic E-state index is 12.5. The molecule has 0 spiro atoms. The third-order valence-corrected chi connectivity index (χ3v) is 4.93. The van der Waals surface area contributed by atoms with Crippen LogP contribution >= 0.6 is 0 Å². The van der Waals surface area contributed by atoms with Crippen molar-refractivity contribution >= 4 is 21.6 Å². The molecule has 0 aliphatic rings. The second-order valence-electron chi connectivity index (χ2n) is 4.78. The van der Waals surface area contributed by atoms with Crippen LogP contribution in [-0.4, -0.2) is 25.6 Å². The lowest BCUT2D eigenvalue weighted by molar-refractivity contribution is -0.386. The fourth-order valence-corrected chi connectivity index (χ4v) is 3.22. The first-order valence-electron chi connectivity index (χ1n) is 6.78. The number of benzene rings is 2. The Morgan fingerprint density at radius 3 is 2.48 bits per heavy atom. The zero-order valence-electron chi connectivity index (χ0n) is 12.9. The van der Waals surface area contributed by atoms with Crippen molar-refractivity contribution in [1.82, 2.24) is 0 Å². The maximum Gasteiger partial charge on any atom is 0.315 e. The summed E-state index contributed by atoms with van der Waals surface area (Å²) in [4.78, 5) is 9.48. The van der Waals surface area contributed by atoms with Crippen molar-refractivity contribution in [1.29, 1.82) is 5.26 Å². The molecule has 0 heterocycles. The maximum absolute atomic E-state index is 12.5. The Bertz CT molecular complexity index is 991. The van der Waals surface area contributed by atoms with Crippen LogP contribution in [0.4, 0.5) is 5.69 Å². The number of nitro groups is 1. The van der Waals surface area contributed by atoms with E-state index in [4.69, 9.17) is 4.74 Å². The Morgan fingerprint density at radius 1 is 1.32 bits per heavy atom. The minimum atomic E-state index is -4.09. The van der Waals surface area contributed by atoms with Gasteiger partial charge in [0.25, 0.3) is 0 Å². The molecule has 1 N–H and O–H groups in total. The standard InChI is InChI=1S/C16H12N2O6S/c1-24-15-9-11(8-14(16(15)19)18(20)21)7-13(10-17)25(22,23)12-5-3-2-4-6-12/h2-9,19H,1H3. The van der Waals surface area contributed by atoms with Crippen molar-refractivity contribution in [3.63, 3.8) is 0 Å². The average molecular weight is 360 g/mol. The van der Waals surface area contributed by atoms with Crippen molar-refractivity contribution in [2.45, 2.75) is 4.90 Å².